The fraction of sp³-hybridized carbons (Fsp3) is 0.833. The topological polar surface area (TPSA) is 24.8 Å². The largest absolute Gasteiger partial charge is 0.377 e. The van der Waals surface area contributed by atoms with E-state index in [2.05, 4.69) is 9.89 Å². The number of rotatable bonds is 0. The van der Waals surface area contributed by atoms with E-state index in [0.717, 1.165) is 26.3 Å². The van der Waals surface area contributed by atoms with E-state index in [0.29, 0.717) is 6.04 Å². The minimum Gasteiger partial charge on any atom is -0.377 e. The molecular weight excluding hydrogens is 116 g/mol. The third-order valence-electron chi connectivity index (χ3n) is 1.82. The lowest BCUT2D eigenvalue weighted by Crippen LogP contribution is -2.42. The molecule has 3 heteroatoms. The summed E-state index contributed by atoms with van der Waals surface area (Å²) < 4.78 is 5.26. The molecule has 9 heavy (non-hydrogen) atoms. The van der Waals surface area contributed by atoms with Gasteiger partial charge in [-0.05, 0) is 0 Å². The number of ether oxygens (including phenoxy) is 1. The highest BCUT2D eigenvalue weighted by molar-refractivity contribution is 5.58. The predicted molar refractivity (Wildman–Crippen MR) is 34.7 cm³/mol. The van der Waals surface area contributed by atoms with Gasteiger partial charge in [0.25, 0.3) is 0 Å². The molecule has 3 nitrogen and oxygen atoms in total. The fourth-order valence-electron chi connectivity index (χ4n) is 1.25. The van der Waals surface area contributed by atoms with Crippen LogP contribution in [0.3, 0.4) is 0 Å². The average Bonchev–Trinajstić information content (AvgIpc) is 2.33. The van der Waals surface area contributed by atoms with Gasteiger partial charge in [0.15, 0.2) is 0 Å². The van der Waals surface area contributed by atoms with Crippen molar-refractivity contribution in [2.24, 2.45) is 4.99 Å². The summed E-state index contributed by atoms with van der Waals surface area (Å²) >= 11 is 0. The summed E-state index contributed by atoms with van der Waals surface area (Å²) in [5.74, 6) is 0. The molecule has 0 N–H and O–H groups in total. The van der Waals surface area contributed by atoms with E-state index in [-0.39, 0.29) is 0 Å². The maximum absolute atomic E-state index is 5.26. The molecule has 1 fully saturated rings. The molecule has 50 valence electrons. The lowest BCUT2D eigenvalue weighted by molar-refractivity contribution is 0.0383. The first-order valence-corrected chi connectivity index (χ1v) is 3.30. The molecule has 0 radical (unpaired) electrons. The number of hydrogen-bond acceptors (Lipinski definition) is 3. The standard InChI is InChI=1S/C6H10N2O/c1-2-9-4-6-3-7-5-8(1)6/h5-6H,1-4H2. The molecule has 1 saturated heterocycles. The maximum Gasteiger partial charge on any atom is 0.0855 e. The van der Waals surface area contributed by atoms with Gasteiger partial charge < -0.3 is 9.64 Å². The van der Waals surface area contributed by atoms with Crippen molar-refractivity contribution in [1.82, 2.24) is 4.90 Å². The molecule has 0 saturated carbocycles. The van der Waals surface area contributed by atoms with Crippen molar-refractivity contribution in [3.05, 3.63) is 0 Å². The van der Waals surface area contributed by atoms with Crippen LogP contribution in [0.2, 0.25) is 0 Å². The SMILES string of the molecule is C1=NCC2COCCN12. The van der Waals surface area contributed by atoms with Crippen LogP contribution in [0.1, 0.15) is 0 Å². The Labute approximate surface area is 54.3 Å². The summed E-state index contributed by atoms with van der Waals surface area (Å²) in [5.41, 5.74) is 0. The van der Waals surface area contributed by atoms with Gasteiger partial charge in [0, 0.05) is 6.54 Å². The van der Waals surface area contributed by atoms with Gasteiger partial charge in [0.1, 0.15) is 0 Å². The summed E-state index contributed by atoms with van der Waals surface area (Å²) in [7, 11) is 0. The molecule has 0 bridgehead atoms. The number of hydrogen-bond donors (Lipinski definition) is 0. The normalized spacial score (nSPS) is 32.9. The molecule has 2 aliphatic rings. The highest BCUT2D eigenvalue weighted by Crippen LogP contribution is 2.08. The fourth-order valence-corrected chi connectivity index (χ4v) is 1.25. The molecule has 2 heterocycles. The molecule has 0 spiro atoms. The highest BCUT2D eigenvalue weighted by atomic mass is 16.5. The van der Waals surface area contributed by atoms with E-state index in [1.54, 1.807) is 0 Å². The van der Waals surface area contributed by atoms with Crippen molar-refractivity contribution in [1.29, 1.82) is 0 Å². The average molecular weight is 126 g/mol. The third kappa shape index (κ3) is 0.812. The van der Waals surface area contributed by atoms with Crippen LogP contribution in [0.5, 0.6) is 0 Å². The second-order valence-electron chi connectivity index (χ2n) is 2.45. The number of morpholine rings is 1. The molecule has 2 aliphatic heterocycles. The first-order chi connectivity index (χ1) is 4.47. The zero-order valence-electron chi connectivity index (χ0n) is 5.29. The smallest absolute Gasteiger partial charge is 0.0855 e. The summed E-state index contributed by atoms with van der Waals surface area (Å²) in [5, 5.41) is 0. The summed E-state index contributed by atoms with van der Waals surface area (Å²) in [6, 6.07) is 0.554. The van der Waals surface area contributed by atoms with Crippen molar-refractivity contribution >= 4 is 6.34 Å². The minimum absolute atomic E-state index is 0.554. The van der Waals surface area contributed by atoms with Crippen LogP contribution in [-0.4, -0.2) is 43.6 Å². The number of aliphatic imine (C=N–C) groups is 1. The van der Waals surface area contributed by atoms with Crippen LogP contribution in [0.25, 0.3) is 0 Å². The monoisotopic (exact) mass is 126 g/mol. The summed E-state index contributed by atoms with van der Waals surface area (Å²) in [6.07, 6.45) is 1.94. The summed E-state index contributed by atoms with van der Waals surface area (Å²) in [6.45, 7) is 3.68. The first-order valence-electron chi connectivity index (χ1n) is 3.30. The van der Waals surface area contributed by atoms with Crippen molar-refractivity contribution < 1.29 is 4.74 Å². The zero-order chi connectivity index (χ0) is 6.10. The molecule has 1 atom stereocenters. The van der Waals surface area contributed by atoms with Gasteiger partial charge in [-0.3, -0.25) is 4.99 Å². The second kappa shape index (κ2) is 1.99. The van der Waals surface area contributed by atoms with Gasteiger partial charge in [-0.15, -0.1) is 0 Å². The van der Waals surface area contributed by atoms with E-state index in [4.69, 9.17) is 4.74 Å². The molecule has 0 aromatic carbocycles. The van der Waals surface area contributed by atoms with E-state index in [1.807, 2.05) is 6.34 Å². The Morgan fingerprint density at radius 3 is 3.56 bits per heavy atom. The van der Waals surface area contributed by atoms with E-state index in [1.165, 1.54) is 0 Å². The Kier molecular flexibility index (Phi) is 1.16. The Balaban J connectivity index is 2.03. The van der Waals surface area contributed by atoms with Gasteiger partial charge in [-0.25, -0.2) is 0 Å². The van der Waals surface area contributed by atoms with Crippen LogP contribution < -0.4 is 0 Å². The minimum atomic E-state index is 0.554. The second-order valence-corrected chi connectivity index (χ2v) is 2.45. The van der Waals surface area contributed by atoms with Gasteiger partial charge in [0.05, 0.1) is 32.1 Å². The Morgan fingerprint density at radius 2 is 2.67 bits per heavy atom. The van der Waals surface area contributed by atoms with Crippen LogP contribution in [-0.2, 0) is 4.74 Å². The van der Waals surface area contributed by atoms with Crippen molar-refractivity contribution in [2.45, 2.75) is 6.04 Å². The molecule has 1 unspecified atom stereocenters. The predicted octanol–water partition coefficient (Wildman–Crippen LogP) is -0.271. The molecule has 0 aliphatic carbocycles. The lowest BCUT2D eigenvalue weighted by Gasteiger charge is -2.28. The van der Waals surface area contributed by atoms with Crippen molar-refractivity contribution in [3.8, 4) is 0 Å². The van der Waals surface area contributed by atoms with Crippen LogP contribution in [0.4, 0.5) is 0 Å². The molecule has 2 rings (SSSR count). The highest BCUT2D eigenvalue weighted by Gasteiger charge is 2.23. The van der Waals surface area contributed by atoms with Crippen LogP contribution in [0, 0.1) is 0 Å². The van der Waals surface area contributed by atoms with Crippen molar-refractivity contribution in [3.63, 3.8) is 0 Å². The van der Waals surface area contributed by atoms with E-state index in [9.17, 15) is 0 Å². The maximum atomic E-state index is 5.26. The van der Waals surface area contributed by atoms with Gasteiger partial charge in [0.2, 0.25) is 0 Å². The summed E-state index contributed by atoms with van der Waals surface area (Å²) in [4.78, 5) is 6.40. The van der Waals surface area contributed by atoms with Crippen LogP contribution in [0.15, 0.2) is 4.99 Å². The Morgan fingerprint density at radius 1 is 1.67 bits per heavy atom. The third-order valence-corrected chi connectivity index (χ3v) is 1.82. The molecular formula is C6H10N2O. The number of fused-ring (bicyclic) bond motifs is 1. The van der Waals surface area contributed by atoms with E-state index >= 15 is 0 Å². The van der Waals surface area contributed by atoms with Gasteiger partial charge >= 0.3 is 0 Å². The van der Waals surface area contributed by atoms with Crippen molar-refractivity contribution in [2.75, 3.05) is 26.3 Å². The number of nitrogens with zero attached hydrogens (tertiary/aromatic N) is 2. The van der Waals surface area contributed by atoms with Crippen LogP contribution >= 0.6 is 0 Å². The Hall–Kier alpha value is -0.570. The quantitative estimate of drug-likeness (QED) is 0.446. The lowest BCUT2D eigenvalue weighted by atomic mass is 10.3. The molecule has 0 aromatic heterocycles. The van der Waals surface area contributed by atoms with E-state index < -0.39 is 0 Å². The Bertz CT molecular complexity index is 135. The zero-order valence-corrected chi connectivity index (χ0v) is 5.29. The first kappa shape index (κ1) is 5.23. The van der Waals surface area contributed by atoms with Gasteiger partial charge in [-0.1, -0.05) is 0 Å². The van der Waals surface area contributed by atoms with Gasteiger partial charge in [-0.2, -0.15) is 0 Å². The molecule has 0 aromatic rings. The molecule has 0 amide bonds.